The molecule has 0 bridgehead atoms. The van der Waals surface area contributed by atoms with Crippen molar-refractivity contribution >= 4 is 49.6 Å². The van der Waals surface area contributed by atoms with Gasteiger partial charge in [0.15, 0.2) is 0 Å². The predicted octanol–water partition coefficient (Wildman–Crippen LogP) is 5.92. The van der Waals surface area contributed by atoms with Crippen LogP contribution in [-0.4, -0.2) is 48.5 Å². The van der Waals surface area contributed by atoms with Crippen molar-refractivity contribution in [2.75, 3.05) is 23.7 Å². The van der Waals surface area contributed by atoms with Gasteiger partial charge in [0.2, 0.25) is 0 Å². The van der Waals surface area contributed by atoms with E-state index in [0.29, 0.717) is 23.0 Å². The van der Waals surface area contributed by atoms with Gasteiger partial charge in [0, 0.05) is 35.5 Å². The van der Waals surface area contributed by atoms with E-state index in [1.54, 1.807) is 16.9 Å². The Morgan fingerprint density at radius 2 is 1.88 bits per heavy atom. The van der Waals surface area contributed by atoms with Crippen molar-refractivity contribution in [3.8, 4) is 11.3 Å². The first-order valence-electron chi connectivity index (χ1n) is 14.0. The van der Waals surface area contributed by atoms with Crippen molar-refractivity contribution in [1.29, 1.82) is 0 Å². The molecule has 43 heavy (non-hydrogen) atoms. The number of rotatable bonds is 8. The Balaban J connectivity index is 1.39. The lowest BCUT2D eigenvalue weighted by Crippen LogP contribution is -2.50. The van der Waals surface area contributed by atoms with Crippen LogP contribution in [0.15, 0.2) is 53.6 Å². The second-order valence-electron chi connectivity index (χ2n) is 11.1. The molecule has 1 fully saturated rings. The van der Waals surface area contributed by atoms with Gasteiger partial charge in [-0.25, -0.2) is 22.2 Å². The van der Waals surface area contributed by atoms with Crippen molar-refractivity contribution in [2.45, 2.75) is 56.1 Å². The standard InChI is InChI=1S/C30H31ClF2N6O3S/c1-16(2)39-29-21(17-7-9-18(10-8-17)36-19-14-42-15-19)13-35-30(34)27(29)28(37-39)20-11-24(33)25(12-23(20)32)38-43(40,41)26-6-4-3-5-22(26)31/h3-7,11-13,16,18-19,36,38H,8-10,14-15H2,1-2H3,(H2,34,35). The van der Waals surface area contributed by atoms with Crippen LogP contribution in [-0.2, 0) is 14.8 Å². The number of hydrogen-bond acceptors (Lipinski definition) is 7. The molecule has 2 aromatic carbocycles. The van der Waals surface area contributed by atoms with Gasteiger partial charge >= 0.3 is 0 Å². The summed E-state index contributed by atoms with van der Waals surface area (Å²) in [6.07, 6.45) is 6.47. The van der Waals surface area contributed by atoms with Crippen LogP contribution in [0.25, 0.3) is 27.7 Å². The zero-order valence-corrected chi connectivity index (χ0v) is 25.1. The Kier molecular flexibility index (Phi) is 7.88. The number of nitrogen functional groups attached to an aromatic ring is 1. The third kappa shape index (κ3) is 5.60. The number of fused-ring (bicyclic) bond motifs is 1. The minimum atomic E-state index is -4.29. The van der Waals surface area contributed by atoms with E-state index in [-0.39, 0.29) is 33.0 Å². The number of nitrogens with zero attached hydrogens (tertiary/aromatic N) is 3. The van der Waals surface area contributed by atoms with Gasteiger partial charge in [-0.15, -0.1) is 0 Å². The van der Waals surface area contributed by atoms with Gasteiger partial charge in [-0.1, -0.05) is 29.8 Å². The summed E-state index contributed by atoms with van der Waals surface area (Å²) in [5.74, 6) is -1.75. The molecule has 13 heteroatoms. The maximum Gasteiger partial charge on any atom is 0.263 e. The molecular formula is C30H31ClF2N6O3S. The number of nitrogens with two attached hydrogens (primary N) is 1. The molecule has 2 aliphatic rings. The van der Waals surface area contributed by atoms with Crippen LogP contribution in [0.5, 0.6) is 0 Å². The normalized spacial score (nSPS) is 17.7. The minimum Gasteiger partial charge on any atom is -0.383 e. The smallest absolute Gasteiger partial charge is 0.263 e. The van der Waals surface area contributed by atoms with Gasteiger partial charge in [-0.2, -0.15) is 5.10 Å². The number of aromatic nitrogens is 3. The number of anilines is 2. The maximum absolute atomic E-state index is 15.7. The van der Waals surface area contributed by atoms with Crippen molar-refractivity contribution in [3.63, 3.8) is 0 Å². The van der Waals surface area contributed by atoms with Crippen LogP contribution in [0.3, 0.4) is 0 Å². The molecule has 4 N–H and O–H groups in total. The van der Waals surface area contributed by atoms with Crippen LogP contribution >= 0.6 is 11.6 Å². The fourth-order valence-corrected chi connectivity index (χ4v) is 7.14. The van der Waals surface area contributed by atoms with Crippen molar-refractivity contribution < 1.29 is 21.9 Å². The summed E-state index contributed by atoms with van der Waals surface area (Å²) in [6, 6.07) is 8.02. The highest BCUT2D eigenvalue weighted by atomic mass is 35.5. The highest BCUT2D eigenvalue weighted by Gasteiger charge is 2.28. The monoisotopic (exact) mass is 628 g/mol. The Morgan fingerprint density at radius 1 is 1.12 bits per heavy atom. The van der Waals surface area contributed by atoms with E-state index in [0.717, 1.165) is 55.7 Å². The summed E-state index contributed by atoms with van der Waals surface area (Å²) in [5, 5.41) is 8.67. The van der Waals surface area contributed by atoms with Gasteiger partial charge in [-0.3, -0.25) is 9.40 Å². The van der Waals surface area contributed by atoms with E-state index >= 15 is 8.78 Å². The molecule has 1 aliphatic heterocycles. The molecule has 0 amide bonds. The molecule has 4 aromatic rings. The third-order valence-electron chi connectivity index (χ3n) is 7.79. The Labute approximate surface area is 253 Å². The molecule has 3 heterocycles. The van der Waals surface area contributed by atoms with Gasteiger partial charge in [0.25, 0.3) is 10.0 Å². The van der Waals surface area contributed by atoms with Crippen molar-refractivity contribution in [3.05, 3.63) is 70.9 Å². The second-order valence-corrected chi connectivity index (χ2v) is 13.2. The van der Waals surface area contributed by atoms with Crippen LogP contribution in [0.1, 0.15) is 44.7 Å². The number of sulfonamides is 1. The molecule has 1 atom stereocenters. The lowest BCUT2D eigenvalue weighted by atomic mass is 9.89. The molecule has 2 aromatic heterocycles. The number of allylic oxidation sites excluding steroid dienone is 1. The molecule has 1 unspecified atom stereocenters. The Hall–Kier alpha value is -3.58. The minimum absolute atomic E-state index is 0.0511. The van der Waals surface area contributed by atoms with Crippen LogP contribution in [0.2, 0.25) is 5.02 Å². The zero-order valence-electron chi connectivity index (χ0n) is 23.6. The Morgan fingerprint density at radius 3 is 2.53 bits per heavy atom. The average Bonchev–Trinajstić information content (AvgIpc) is 3.35. The first-order chi connectivity index (χ1) is 20.5. The quantitative estimate of drug-likeness (QED) is 0.221. The van der Waals surface area contributed by atoms with Crippen LogP contribution in [0, 0.1) is 11.6 Å². The van der Waals surface area contributed by atoms with Gasteiger partial charge in [0.05, 0.1) is 40.9 Å². The first kappa shape index (κ1) is 29.5. The maximum atomic E-state index is 15.7. The van der Waals surface area contributed by atoms with Gasteiger partial charge < -0.3 is 15.8 Å². The number of benzene rings is 2. The Bertz CT molecular complexity index is 1860. The summed E-state index contributed by atoms with van der Waals surface area (Å²) in [5.41, 5.74) is 8.36. The van der Waals surface area contributed by atoms with Crippen LogP contribution in [0.4, 0.5) is 20.3 Å². The molecule has 0 saturated carbocycles. The average molecular weight is 629 g/mol. The third-order valence-corrected chi connectivity index (χ3v) is 9.66. The molecule has 0 spiro atoms. The van der Waals surface area contributed by atoms with E-state index < -0.39 is 27.3 Å². The summed E-state index contributed by atoms with van der Waals surface area (Å²) >= 11 is 6.03. The summed E-state index contributed by atoms with van der Waals surface area (Å²) in [7, 11) is -4.29. The SMILES string of the molecule is CC(C)n1nc(-c2cc(F)c(NS(=O)(=O)c3ccccc3Cl)cc2F)c2c(N)ncc(C3=CCC(NC4COC4)CC3)c21. The topological polar surface area (TPSA) is 124 Å². The molecule has 1 saturated heterocycles. The fourth-order valence-electron chi connectivity index (χ4n) is 5.56. The summed E-state index contributed by atoms with van der Waals surface area (Å²) in [6.45, 7) is 5.35. The van der Waals surface area contributed by atoms with Gasteiger partial charge in [0.1, 0.15) is 28.0 Å². The number of hydrogen-bond donors (Lipinski definition) is 3. The number of pyridine rings is 1. The number of nitrogens with one attached hydrogen (secondary N) is 2. The molecular weight excluding hydrogens is 598 g/mol. The van der Waals surface area contributed by atoms with Gasteiger partial charge in [-0.05, 0) is 56.9 Å². The summed E-state index contributed by atoms with van der Waals surface area (Å²) in [4.78, 5) is 4.16. The molecule has 1 aliphatic carbocycles. The number of ether oxygens (including phenoxy) is 1. The number of halogens is 3. The van der Waals surface area contributed by atoms with E-state index in [2.05, 4.69) is 21.1 Å². The van der Waals surface area contributed by atoms with E-state index in [1.807, 2.05) is 13.8 Å². The highest BCUT2D eigenvalue weighted by molar-refractivity contribution is 7.92. The second kappa shape index (κ2) is 11.5. The lowest BCUT2D eigenvalue weighted by molar-refractivity contribution is -0.0103. The van der Waals surface area contributed by atoms with Crippen molar-refractivity contribution in [1.82, 2.24) is 20.1 Å². The van der Waals surface area contributed by atoms with E-state index in [9.17, 15) is 8.42 Å². The largest absolute Gasteiger partial charge is 0.383 e. The summed E-state index contributed by atoms with van der Waals surface area (Å²) < 4.78 is 66.0. The molecule has 226 valence electrons. The molecule has 9 nitrogen and oxygen atoms in total. The molecule has 0 radical (unpaired) electrons. The predicted molar refractivity (Wildman–Crippen MR) is 163 cm³/mol. The highest BCUT2D eigenvalue weighted by Crippen LogP contribution is 2.41. The zero-order chi connectivity index (χ0) is 30.5. The lowest BCUT2D eigenvalue weighted by Gasteiger charge is -2.33. The fraction of sp³-hybridized carbons (Fsp3) is 0.333. The van der Waals surface area contributed by atoms with E-state index in [4.69, 9.17) is 27.2 Å². The van der Waals surface area contributed by atoms with Crippen molar-refractivity contribution in [2.24, 2.45) is 0 Å². The van der Waals surface area contributed by atoms with E-state index in [1.165, 1.54) is 18.2 Å². The van der Waals surface area contributed by atoms with Crippen LogP contribution < -0.4 is 15.8 Å². The first-order valence-corrected chi connectivity index (χ1v) is 15.9. The molecule has 6 rings (SSSR count).